The average Bonchev–Trinajstić information content (AvgIpc) is 2.85. The second-order valence-electron chi connectivity index (χ2n) is 4.85. The molecule has 96 valence electrons. The molecule has 0 amide bonds. The summed E-state index contributed by atoms with van der Waals surface area (Å²) in [6.07, 6.45) is 0. The Labute approximate surface area is 117 Å². The zero-order chi connectivity index (χ0) is 13.1. The molecule has 0 bridgehead atoms. The van der Waals surface area contributed by atoms with Crippen molar-refractivity contribution in [3.63, 3.8) is 0 Å². The van der Waals surface area contributed by atoms with Crippen molar-refractivity contribution in [2.24, 2.45) is 0 Å². The third kappa shape index (κ3) is 2.86. The first-order valence-corrected chi connectivity index (χ1v) is 7.48. The maximum atomic E-state index is 2.38. The quantitative estimate of drug-likeness (QED) is 0.746. The summed E-state index contributed by atoms with van der Waals surface area (Å²) in [7, 11) is 0. The van der Waals surface area contributed by atoms with E-state index in [1.807, 2.05) is 11.3 Å². The zero-order valence-corrected chi connectivity index (χ0v) is 11.9. The van der Waals surface area contributed by atoms with Gasteiger partial charge in [-0.1, -0.05) is 42.5 Å². The third-order valence-electron chi connectivity index (χ3n) is 3.39. The van der Waals surface area contributed by atoms with Gasteiger partial charge in [0, 0.05) is 10.4 Å². The second-order valence-corrected chi connectivity index (χ2v) is 6.22. The van der Waals surface area contributed by atoms with Crippen LogP contribution in [0.1, 0.15) is 15.3 Å². The number of quaternary nitrogens is 1. The minimum absolute atomic E-state index is 1.04. The standard InChI is InChI=1S/C17H17NS/c1-13-9-10-16(19-13)12-18-11-15-7-4-6-14-5-2-3-8-17(14)15/h2-10,18H,11-12H2,1H3/p+1. The van der Waals surface area contributed by atoms with Gasteiger partial charge in [0.1, 0.15) is 13.1 Å². The maximum absolute atomic E-state index is 2.38. The zero-order valence-electron chi connectivity index (χ0n) is 11.1. The fraction of sp³-hybridized carbons (Fsp3) is 0.176. The molecule has 0 unspecified atom stereocenters. The summed E-state index contributed by atoms with van der Waals surface area (Å²) in [6, 6.07) is 19.6. The Bertz CT molecular complexity index is 679. The van der Waals surface area contributed by atoms with Crippen molar-refractivity contribution in [3.8, 4) is 0 Å². The van der Waals surface area contributed by atoms with Crippen LogP contribution in [0, 0.1) is 6.92 Å². The van der Waals surface area contributed by atoms with E-state index >= 15 is 0 Å². The molecule has 0 saturated carbocycles. The number of aryl methyl sites for hydroxylation is 1. The molecule has 1 heterocycles. The highest BCUT2D eigenvalue weighted by atomic mass is 32.1. The summed E-state index contributed by atoms with van der Waals surface area (Å²) < 4.78 is 0. The summed E-state index contributed by atoms with van der Waals surface area (Å²) >= 11 is 1.90. The number of hydrogen-bond donors (Lipinski definition) is 1. The molecule has 1 nitrogen and oxygen atoms in total. The second kappa shape index (κ2) is 5.55. The number of benzene rings is 2. The lowest BCUT2D eigenvalue weighted by Crippen LogP contribution is -2.80. The highest BCUT2D eigenvalue weighted by molar-refractivity contribution is 7.11. The Balaban J connectivity index is 1.71. The van der Waals surface area contributed by atoms with Gasteiger partial charge in [0.05, 0.1) is 4.88 Å². The average molecular weight is 268 g/mol. The van der Waals surface area contributed by atoms with Crippen molar-refractivity contribution in [2.75, 3.05) is 0 Å². The number of rotatable bonds is 4. The maximum Gasteiger partial charge on any atom is 0.111 e. The van der Waals surface area contributed by atoms with Crippen LogP contribution in [0.15, 0.2) is 54.6 Å². The number of nitrogens with two attached hydrogens (primary N) is 1. The Kier molecular flexibility index (Phi) is 3.62. The molecule has 2 heteroatoms. The van der Waals surface area contributed by atoms with Crippen LogP contribution in [0.4, 0.5) is 0 Å². The smallest absolute Gasteiger partial charge is 0.111 e. The predicted molar refractivity (Wildman–Crippen MR) is 82.3 cm³/mol. The van der Waals surface area contributed by atoms with Gasteiger partial charge in [-0.05, 0) is 29.8 Å². The first kappa shape index (κ1) is 12.4. The van der Waals surface area contributed by atoms with E-state index in [1.165, 1.54) is 26.1 Å². The fourth-order valence-electron chi connectivity index (χ4n) is 2.44. The molecule has 2 aromatic carbocycles. The molecule has 0 fully saturated rings. The van der Waals surface area contributed by atoms with Crippen molar-refractivity contribution in [1.29, 1.82) is 0 Å². The topological polar surface area (TPSA) is 16.6 Å². The predicted octanol–water partition coefficient (Wildman–Crippen LogP) is 3.47. The summed E-state index contributed by atoms with van der Waals surface area (Å²) in [6.45, 7) is 4.28. The minimum atomic E-state index is 1.04. The molecule has 3 aromatic rings. The van der Waals surface area contributed by atoms with E-state index in [0.717, 1.165) is 13.1 Å². The van der Waals surface area contributed by atoms with Crippen LogP contribution < -0.4 is 5.32 Å². The molecule has 3 rings (SSSR count). The number of hydrogen-bond acceptors (Lipinski definition) is 1. The summed E-state index contributed by atoms with van der Waals surface area (Å²) in [4.78, 5) is 2.85. The molecular formula is C17H18NS+. The van der Waals surface area contributed by atoms with Crippen molar-refractivity contribution < 1.29 is 5.32 Å². The molecular weight excluding hydrogens is 250 g/mol. The van der Waals surface area contributed by atoms with Gasteiger partial charge >= 0.3 is 0 Å². The highest BCUT2D eigenvalue weighted by Crippen LogP contribution is 2.17. The van der Waals surface area contributed by atoms with E-state index in [9.17, 15) is 0 Å². The van der Waals surface area contributed by atoms with Crippen LogP contribution in [0.25, 0.3) is 10.8 Å². The van der Waals surface area contributed by atoms with Gasteiger partial charge in [-0.15, -0.1) is 11.3 Å². The molecule has 0 atom stereocenters. The highest BCUT2D eigenvalue weighted by Gasteiger charge is 2.03. The third-order valence-corrected chi connectivity index (χ3v) is 4.41. The summed E-state index contributed by atoms with van der Waals surface area (Å²) in [5, 5.41) is 5.09. The normalized spacial score (nSPS) is 11.0. The van der Waals surface area contributed by atoms with Crippen LogP contribution in [0.3, 0.4) is 0 Å². The van der Waals surface area contributed by atoms with Crippen molar-refractivity contribution >= 4 is 22.1 Å². The Morgan fingerprint density at radius 3 is 2.58 bits per heavy atom. The van der Waals surface area contributed by atoms with Gasteiger partial charge < -0.3 is 5.32 Å². The molecule has 0 spiro atoms. The Morgan fingerprint density at radius 1 is 0.895 bits per heavy atom. The first-order valence-electron chi connectivity index (χ1n) is 6.66. The molecule has 0 aliphatic rings. The van der Waals surface area contributed by atoms with Gasteiger partial charge in [0.25, 0.3) is 0 Å². The van der Waals surface area contributed by atoms with Gasteiger partial charge in [0.2, 0.25) is 0 Å². The van der Waals surface area contributed by atoms with Crippen LogP contribution in [-0.4, -0.2) is 0 Å². The summed E-state index contributed by atoms with van der Waals surface area (Å²) in [5.74, 6) is 0. The number of fused-ring (bicyclic) bond motifs is 1. The largest absolute Gasteiger partial charge is 0.338 e. The van der Waals surface area contributed by atoms with E-state index in [-0.39, 0.29) is 0 Å². The van der Waals surface area contributed by atoms with E-state index in [0.29, 0.717) is 0 Å². The molecule has 0 aliphatic carbocycles. The van der Waals surface area contributed by atoms with E-state index in [2.05, 4.69) is 66.8 Å². The van der Waals surface area contributed by atoms with Gasteiger partial charge in [-0.3, -0.25) is 0 Å². The van der Waals surface area contributed by atoms with Crippen LogP contribution in [0.2, 0.25) is 0 Å². The van der Waals surface area contributed by atoms with E-state index in [4.69, 9.17) is 0 Å². The molecule has 0 saturated heterocycles. The van der Waals surface area contributed by atoms with E-state index in [1.54, 1.807) is 0 Å². The molecule has 0 aliphatic heterocycles. The molecule has 1 aromatic heterocycles. The fourth-order valence-corrected chi connectivity index (χ4v) is 3.32. The Morgan fingerprint density at radius 2 is 1.74 bits per heavy atom. The van der Waals surface area contributed by atoms with Crippen molar-refractivity contribution in [3.05, 3.63) is 69.9 Å². The lowest BCUT2D eigenvalue weighted by Gasteiger charge is -2.05. The molecule has 19 heavy (non-hydrogen) atoms. The SMILES string of the molecule is Cc1ccc(C[NH2+]Cc2cccc3ccccc23)s1. The van der Waals surface area contributed by atoms with Crippen LogP contribution in [0.5, 0.6) is 0 Å². The van der Waals surface area contributed by atoms with Crippen LogP contribution in [-0.2, 0) is 13.1 Å². The summed E-state index contributed by atoms with van der Waals surface area (Å²) in [5.41, 5.74) is 1.42. The van der Waals surface area contributed by atoms with Gasteiger partial charge in [-0.25, -0.2) is 0 Å². The molecule has 0 radical (unpaired) electrons. The van der Waals surface area contributed by atoms with Gasteiger partial charge in [-0.2, -0.15) is 0 Å². The van der Waals surface area contributed by atoms with Crippen molar-refractivity contribution in [2.45, 2.75) is 20.0 Å². The van der Waals surface area contributed by atoms with E-state index < -0.39 is 0 Å². The lowest BCUT2D eigenvalue weighted by atomic mass is 10.0. The Hall–Kier alpha value is -1.64. The van der Waals surface area contributed by atoms with Crippen molar-refractivity contribution in [1.82, 2.24) is 0 Å². The van der Waals surface area contributed by atoms with Gasteiger partial charge in [0.15, 0.2) is 0 Å². The number of thiophene rings is 1. The first-order chi connectivity index (χ1) is 9.33. The minimum Gasteiger partial charge on any atom is -0.338 e. The molecule has 2 N–H and O–H groups in total. The van der Waals surface area contributed by atoms with Crippen LogP contribution >= 0.6 is 11.3 Å². The lowest BCUT2D eigenvalue weighted by molar-refractivity contribution is -0.685. The monoisotopic (exact) mass is 268 g/mol.